The van der Waals surface area contributed by atoms with Gasteiger partial charge in [0, 0.05) is 22.3 Å². The summed E-state index contributed by atoms with van der Waals surface area (Å²) >= 11 is 6.00. The van der Waals surface area contributed by atoms with E-state index in [9.17, 15) is 10.0 Å². The molecule has 1 aromatic heterocycles. The van der Waals surface area contributed by atoms with Crippen LogP contribution in [0.4, 0.5) is 0 Å². The Bertz CT molecular complexity index is 1010. The number of aromatic nitrogens is 1. The predicted molar refractivity (Wildman–Crippen MR) is 115 cm³/mol. The Morgan fingerprint density at radius 1 is 1.41 bits per heavy atom. The summed E-state index contributed by atoms with van der Waals surface area (Å²) in [4.78, 5) is 22.7. The average Bonchev–Trinajstić information content (AvgIpc) is 3.44. The quantitative estimate of drug-likeness (QED) is 0.200. The summed E-state index contributed by atoms with van der Waals surface area (Å²) in [5.41, 5.74) is 3.15. The van der Waals surface area contributed by atoms with E-state index in [0.29, 0.717) is 47.4 Å². The van der Waals surface area contributed by atoms with Gasteiger partial charge >= 0.3 is 5.97 Å². The maximum Gasteiger partial charge on any atom is 0.340 e. The molecule has 10 heteroatoms. The fraction of sp³-hybridized carbons (Fsp3) is 0.455. The van der Waals surface area contributed by atoms with Crippen LogP contribution in [0.25, 0.3) is 0 Å². The standard InChI is InChI=1S/C22H25ClN4O5/c1-3-11-31-25-27(29)26-10-4-5-19(26)22(28)32-20-14(2)24-12-17-18(20)13-30-21(17)15-6-8-16(23)9-7-15/h6-9,12,19,21H,3-5,10-11,13H2,1-2H3/b27-25-/t19-,21-/m0/s1. The molecule has 0 bridgehead atoms. The summed E-state index contributed by atoms with van der Waals surface area (Å²) < 4.78 is 11.8. The lowest BCUT2D eigenvalue weighted by Crippen LogP contribution is -2.42. The molecule has 2 aromatic rings. The van der Waals surface area contributed by atoms with Crippen molar-refractivity contribution in [3.8, 4) is 5.75 Å². The highest BCUT2D eigenvalue weighted by Gasteiger charge is 2.40. The van der Waals surface area contributed by atoms with Crippen molar-refractivity contribution in [3.63, 3.8) is 0 Å². The maximum atomic E-state index is 13.0. The lowest BCUT2D eigenvalue weighted by Gasteiger charge is -2.20. The van der Waals surface area contributed by atoms with Crippen LogP contribution in [0, 0.1) is 12.1 Å². The summed E-state index contributed by atoms with van der Waals surface area (Å²) in [7, 11) is 0. The first kappa shape index (κ1) is 22.3. The largest absolute Gasteiger partial charge is 0.569 e. The number of aryl methyl sites for hydroxylation is 1. The fourth-order valence-electron chi connectivity index (χ4n) is 3.93. The van der Waals surface area contributed by atoms with Crippen molar-refractivity contribution < 1.29 is 24.1 Å². The van der Waals surface area contributed by atoms with Gasteiger partial charge in [0.15, 0.2) is 11.8 Å². The van der Waals surface area contributed by atoms with Gasteiger partial charge in [-0.1, -0.05) is 30.7 Å². The van der Waals surface area contributed by atoms with Gasteiger partial charge in [-0.25, -0.2) is 4.79 Å². The van der Waals surface area contributed by atoms with Crippen LogP contribution in [0.1, 0.15) is 54.7 Å². The molecule has 0 N–H and O–H groups in total. The molecule has 4 rings (SSSR count). The lowest BCUT2D eigenvalue weighted by molar-refractivity contribution is -0.712. The van der Waals surface area contributed by atoms with Gasteiger partial charge < -0.3 is 19.5 Å². The minimum Gasteiger partial charge on any atom is -0.569 e. The third-order valence-electron chi connectivity index (χ3n) is 5.54. The van der Waals surface area contributed by atoms with E-state index in [1.54, 1.807) is 25.3 Å². The van der Waals surface area contributed by atoms with Crippen molar-refractivity contribution in [2.45, 2.75) is 51.9 Å². The number of ether oxygens (including phenoxy) is 2. The number of hydrogen-bond donors (Lipinski definition) is 0. The van der Waals surface area contributed by atoms with Gasteiger partial charge in [-0.05, 0) is 43.9 Å². The molecule has 2 atom stereocenters. The number of esters is 1. The van der Waals surface area contributed by atoms with Crippen LogP contribution in [-0.2, 0) is 21.0 Å². The van der Waals surface area contributed by atoms with Crippen LogP contribution in [-0.4, -0.2) is 40.1 Å². The summed E-state index contributed by atoms with van der Waals surface area (Å²) in [5, 5.41) is 17.7. The number of carbonyl (C=O) groups is 1. The topological polar surface area (TPSA) is 99.3 Å². The maximum absolute atomic E-state index is 13.0. The van der Waals surface area contributed by atoms with Crippen LogP contribution in [0.15, 0.2) is 35.7 Å². The second-order valence-corrected chi connectivity index (χ2v) is 8.20. The zero-order chi connectivity index (χ0) is 22.7. The van der Waals surface area contributed by atoms with E-state index in [1.807, 2.05) is 19.1 Å². The predicted octanol–water partition coefficient (Wildman–Crippen LogP) is 4.25. The van der Waals surface area contributed by atoms with E-state index in [-0.39, 0.29) is 12.7 Å². The van der Waals surface area contributed by atoms with Crippen LogP contribution in [0.2, 0.25) is 5.02 Å². The molecular formula is C22H25ClN4O5. The molecule has 170 valence electrons. The van der Waals surface area contributed by atoms with Gasteiger partial charge in [-0.2, -0.15) is 0 Å². The number of carbonyl (C=O) groups excluding carboxylic acids is 1. The molecule has 0 amide bonds. The Hall–Kier alpha value is -2.91. The van der Waals surface area contributed by atoms with E-state index < -0.39 is 12.0 Å². The molecule has 1 aromatic carbocycles. The minimum atomic E-state index is -0.744. The van der Waals surface area contributed by atoms with E-state index in [2.05, 4.69) is 10.3 Å². The first-order chi connectivity index (χ1) is 15.5. The van der Waals surface area contributed by atoms with E-state index >= 15 is 0 Å². The van der Waals surface area contributed by atoms with Crippen molar-refractivity contribution in [3.05, 3.63) is 63.1 Å². The number of hydrogen-bond acceptors (Lipinski definition) is 7. The Balaban J connectivity index is 1.54. The van der Waals surface area contributed by atoms with Crippen molar-refractivity contribution in [2.75, 3.05) is 13.2 Å². The van der Waals surface area contributed by atoms with Crippen molar-refractivity contribution in [1.29, 1.82) is 0 Å². The van der Waals surface area contributed by atoms with E-state index in [1.165, 1.54) is 5.01 Å². The molecule has 9 nitrogen and oxygen atoms in total. The molecule has 0 aliphatic carbocycles. The molecule has 2 aliphatic heterocycles. The number of pyridine rings is 1. The van der Waals surface area contributed by atoms with Crippen molar-refractivity contribution in [1.82, 2.24) is 9.99 Å². The van der Waals surface area contributed by atoms with Gasteiger partial charge in [-0.3, -0.25) is 4.98 Å². The van der Waals surface area contributed by atoms with E-state index in [0.717, 1.165) is 23.1 Å². The smallest absolute Gasteiger partial charge is 0.340 e. The monoisotopic (exact) mass is 460 g/mol. The Labute approximate surface area is 191 Å². The van der Waals surface area contributed by atoms with Crippen LogP contribution in [0.3, 0.4) is 0 Å². The van der Waals surface area contributed by atoms with Crippen molar-refractivity contribution in [2.24, 2.45) is 5.28 Å². The Kier molecular flexibility index (Phi) is 6.76. The lowest BCUT2D eigenvalue weighted by atomic mass is 10.0. The number of benzene rings is 1. The minimum absolute atomic E-state index is 0.289. The first-order valence-electron chi connectivity index (χ1n) is 10.6. The number of halogens is 1. The van der Waals surface area contributed by atoms with Gasteiger partial charge in [-0.15, -0.1) is 5.01 Å². The molecule has 3 heterocycles. The molecule has 32 heavy (non-hydrogen) atoms. The molecule has 0 radical (unpaired) electrons. The average molecular weight is 461 g/mol. The van der Waals surface area contributed by atoms with Crippen LogP contribution >= 0.6 is 11.6 Å². The zero-order valence-corrected chi connectivity index (χ0v) is 18.7. The third-order valence-corrected chi connectivity index (χ3v) is 5.79. The highest BCUT2D eigenvalue weighted by Crippen LogP contribution is 2.41. The third kappa shape index (κ3) is 4.49. The van der Waals surface area contributed by atoms with Crippen molar-refractivity contribution >= 4 is 17.6 Å². The molecule has 1 fully saturated rings. The molecule has 0 saturated carbocycles. The molecule has 2 aliphatic rings. The highest BCUT2D eigenvalue weighted by atomic mass is 35.5. The summed E-state index contributed by atoms with van der Waals surface area (Å²) in [6, 6.07) is 6.67. The molecular weight excluding hydrogens is 436 g/mol. The number of hydrazine groups is 1. The molecule has 0 spiro atoms. The fourth-order valence-corrected chi connectivity index (χ4v) is 4.05. The SMILES string of the molecule is CCCO/N=[N+](\[O-])N1CCC[C@H]1C(=O)Oc1c(C)ncc2c1CO[C@H]2c1ccc(Cl)cc1. The molecule has 1 saturated heterocycles. The highest BCUT2D eigenvalue weighted by molar-refractivity contribution is 6.30. The zero-order valence-electron chi connectivity index (χ0n) is 18.0. The van der Waals surface area contributed by atoms with Gasteiger partial charge in [0.1, 0.15) is 12.7 Å². The number of rotatable bonds is 7. The molecule has 0 unspecified atom stereocenters. The summed E-state index contributed by atoms with van der Waals surface area (Å²) in [6.07, 6.45) is 3.33. The Morgan fingerprint density at radius 2 is 2.19 bits per heavy atom. The van der Waals surface area contributed by atoms with Gasteiger partial charge in [0.25, 0.3) is 0 Å². The van der Waals surface area contributed by atoms with Crippen LogP contribution in [0.5, 0.6) is 5.75 Å². The second-order valence-electron chi connectivity index (χ2n) is 7.76. The van der Waals surface area contributed by atoms with Crippen LogP contribution < -0.4 is 4.74 Å². The normalized spacial score (nSPS) is 20.3. The second kappa shape index (κ2) is 9.70. The number of fused-ring (bicyclic) bond motifs is 1. The first-order valence-corrected chi connectivity index (χ1v) is 11.0. The summed E-state index contributed by atoms with van der Waals surface area (Å²) in [6.45, 7) is 4.71. The van der Waals surface area contributed by atoms with E-state index in [4.69, 9.17) is 25.9 Å². The summed E-state index contributed by atoms with van der Waals surface area (Å²) in [5.74, 6) is -0.144. The van der Waals surface area contributed by atoms with Gasteiger partial charge in [0.05, 0.1) is 23.8 Å². The number of nitrogens with zero attached hydrogens (tertiary/aromatic N) is 4. The Morgan fingerprint density at radius 3 is 2.94 bits per heavy atom. The van der Waals surface area contributed by atoms with Gasteiger partial charge in [0.2, 0.25) is 5.28 Å².